The fraction of sp³-hybridized carbons (Fsp3) is 0.250. The van der Waals surface area contributed by atoms with Gasteiger partial charge < -0.3 is 0 Å². The van der Waals surface area contributed by atoms with Crippen LogP contribution in [0.3, 0.4) is 0 Å². The second-order valence-electron chi connectivity index (χ2n) is 3.40. The lowest BCUT2D eigenvalue weighted by atomic mass is 10.4. The zero-order chi connectivity index (χ0) is 14.5. The van der Waals surface area contributed by atoms with Gasteiger partial charge in [0.05, 0.1) is 4.90 Å². The molecule has 0 radical (unpaired) electrons. The van der Waals surface area contributed by atoms with E-state index in [-0.39, 0.29) is 12.1 Å². The van der Waals surface area contributed by atoms with E-state index in [4.69, 9.17) is 0 Å². The van der Waals surface area contributed by atoms with E-state index in [2.05, 4.69) is 0 Å². The van der Waals surface area contributed by atoms with E-state index in [0.717, 1.165) is 6.07 Å². The first kappa shape index (κ1) is 15.8. The molecule has 0 spiro atoms. The van der Waals surface area contributed by atoms with E-state index in [1.165, 1.54) is 0 Å². The van der Waals surface area contributed by atoms with Gasteiger partial charge in [-0.25, -0.2) is 0 Å². The van der Waals surface area contributed by atoms with Crippen molar-refractivity contribution >= 4 is 32.4 Å². The Hall–Kier alpha value is -0.260. The lowest BCUT2D eigenvalue weighted by Gasteiger charge is -2.54. The van der Waals surface area contributed by atoms with Crippen molar-refractivity contribution in [2.24, 2.45) is 0 Å². The maximum atomic E-state index is 13.4. The summed E-state index contributed by atoms with van der Waals surface area (Å²) in [6.07, 6.45) is 0. The van der Waals surface area contributed by atoms with Crippen molar-refractivity contribution in [3.63, 3.8) is 0 Å². The van der Waals surface area contributed by atoms with Gasteiger partial charge >= 0.3 is 9.18 Å². The van der Waals surface area contributed by atoms with Gasteiger partial charge in [0, 0.05) is 22.6 Å². The lowest BCUT2D eigenvalue weighted by Crippen LogP contribution is -2.47. The Morgan fingerprint density at radius 3 is 1.56 bits per heavy atom. The standard InChI is InChI=1S/C8H5F8IS/c9-7(10,17)8(11,12)18(13,14,15,16)6-4-2-1-3-5-6/h1-5H. The fourth-order valence-electron chi connectivity index (χ4n) is 1.08. The zero-order valence-electron chi connectivity index (χ0n) is 8.20. The fourth-order valence-corrected chi connectivity index (χ4v) is 3.87. The summed E-state index contributed by atoms with van der Waals surface area (Å²) in [6, 6.07) is 2.28. The van der Waals surface area contributed by atoms with Crippen LogP contribution in [0.4, 0.5) is 33.1 Å². The van der Waals surface area contributed by atoms with E-state index in [1.807, 2.05) is 0 Å². The predicted molar refractivity (Wildman–Crippen MR) is 60.6 cm³/mol. The Balaban J connectivity index is 3.69. The van der Waals surface area contributed by atoms with Gasteiger partial charge in [-0.1, -0.05) is 18.2 Å². The van der Waals surface area contributed by atoms with Crippen LogP contribution >= 0.6 is 32.4 Å². The van der Waals surface area contributed by atoms with Gasteiger partial charge in [-0.2, -0.15) is 17.6 Å². The van der Waals surface area contributed by atoms with E-state index in [1.54, 1.807) is 0 Å². The molecule has 0 saturated carbocycles. The van der Waals surface area contributed by atoms with Gasteiger partial charge in [-0.05, 0) is 12.1 Å². The van der Waals surface area contributed by atoms with Gasteiger partial charge in [0.2, 0.25) is 9.84 Å². The van der Waals surface area contributed by atoms with Crippen molar-refractivity contribution in [3.8, 4) is 0 Å². The minimum Gasteiger partial charge on any atom is -0.187 e. The number of benzene rings is 1. The minimum atomic E-state index is -10.5. The SMILES string of the molecule is FC(F)(I)C(F)(F)S(F)(F)(F)(F)c1ccccc1. The number of hydrogen-bond acceptors (Lipinski definition) is 0. The highest BCUT2D eigenvalue weighted by Crippen LogP contribution is 3.08. The van der Waals surface area contributed by atoms with Crippen LogP contribution in [0.5, 0.6) is 0 Å². The average molecular weight is 412 g/mol. The largest absolute Gasteiger partial charge is 0.428 e. The number of hydrogen-bond donors (Lipinski definition) is 0. The monoisotopic (exact) mass is 412 g/mol. The molecule has 1 aromatic carbocycles. The van der Waals surface area contributed by atoms with Crippen molar-refractivity contribution in [1.82, 2.24) is 0 Å². The summed E-state index contributed by atoms with van der Waals surface area (Å²) in [6.45, 7) is 0. The van der Waals surface area contributed by atoms with Crippen LogP contribution in [0.15, 0.2) is 35.2 Å². The van der Waals surface area contributed by atoms with E-state index >= 15 is 0 Å². The second kappa shape index (κ2) is 3.44. The molecule has 0 bridgehead atoms. The van der Waals surface area contributed by atoms with Gasteiger partial charge in [0.25, 0.3) is 0 Å². The van der Waals surface area contributed by atoms with Crippen LogP contribution in [0.25, 0.3) is 0 Å². The summed E-state index contributed by atoms with van der Waals surface area (Å²) in [7, 11) is -10.5. The smallest absolute Gasteiger partial charge is 0.187 e. The molecular formula is C8H5F8IS. The Morgan fingerprint density at radius 2 is 1.22 bits per heavy atom. The second-order valence-corrected chi connectivity index (χ2v) is 7.87. The van der Waals surface area contributed by atoms with Crippen molar-refractivity contribution < 1.29 is 33.1 Å². The van der Waals surface area contributed by atoms with E-state index < -0.39 is 46.5 Å². The molecule has 18 heavy (non-hydrogen) atoms. The van der Waals surface area contributed by atoms with E-state index in [9.17, 15) is 33.1 Å². The highest BCUT2D eigenvalue weighted by atomic mass is 127. The normalized spacial score (nSPS) is 18.1. The topological polar surface area (TPSA) is 0 Å². The molecule has 0 saturated heterocycles. The van der Waals surface area contributed by atoms with Crippen molar-refractivity contribution in [2.75, 3.05) is 0 Å². The van der Waals surface area contributed by atoms with Gasteiger partial charge in [0.15, 0.2) is 0 Å². The van der Waals surface area contributed by atoms with Crippen LogP contribution in [0.1, 0.15) is 0 Å². The molecule has 0 amide bonds. The van der Waals surface area contributed by atoms with E-state index in [0.29, 0.717) is 12.1 Å². The molecule has 0 nitrogen and oxygen atoms in total. The Bertz CT molecular complexity index is 458. The molecule has 0 aliphatic heterocycles. The summed E-state index contributed by atoms with van der Waals surface area (Å²) in [5.74, 6) is 0. The van der Waals surface area contributed by atoms with Crippen molar-refractivity contribution in [3.05, 3.63) is 30.3 Å². The van der Waals surface area contributed by atoms with Crippen LogP contribution in [-0.4, -0.2) is 9.18 Å². The van der Waals surface area contributed by atoms with Crippen LogP contribution < -0.4 is 0 Å². The molecule has 0 aromatic heterocycles. The molecule has 0 aliphatic carbocycles. The molecular weight excluding hydrogens is 407 g/mol. The minimum absolute atomic E-state index is 0.00214. The Kier molecular flexibility index (Phi) is 3.02. The molecule has 0 N–H and O–H groups in total. The molecule has 1 rings (SSSR count). The first-order chi connectivity index (χ1) is 7.64. The first-order valence-electron chi connectivity index (χ1n) is 4.13. The Morgan fingerprint density at radius 1 is 0.833 bits per heavy atom. The van der Waals surface area contributed by atoms with Crippen LogP contribution in [0.2, 0.25) is 0 Å². The predicted octanol–water partition coefficient (Wildman–Crippen LogP) is 6.08. The molecule has 0 fully saturated rings. The maximum Gasteiger partial charge on any atom is 0.428 e. The van der Waals surface area contributed by atoms with Crippen molar-refractivity contribution in [2.45, 2.75) is 14.1 Å². The van der Waals surface area contributed by atoms with Crippen LogP contribution in [0, 0.1) is 0 Å². The Labute approximate surface area is 110 Å². The molecule has 0 heterocycles. The average Bonchev–Trinajstić information content (AvgIpc) is 2.15. The molecule has 0 atom stereocenters. The highest BCUT2D eigenvalue weighted by molar-refractivity contribution is 14.1. The summed E-state index contributed by atoms with van der Waals surface area (Å²) in [4.78, 5) is -2.39. The summed E-state index contributed by atoms with van der Waals surface area (Å²) >= 11 is -0.422. The third-order valence-corrected chi connectivity index (χ3v) is 5.62. The molecule has 0 aliphatic rings. The summed E-state index contributed by atoms with van der Waals surface area (Å²) < 4.78 is 98.7. The summed E-state index contributed by atoms with van der Waals surface area (Å²) in [5, 5.41) is -6.78. The quantitative estimate of drug-likeness (QED) is 0.321. The first-order valence-corrected chi connectivity index (χ1v) is 7.26. The molecule has 106 valence electrons. The lowest BCUT2D eigenvalue weighted by molar-refractivity contribution is -0.0952. The maximum absolute atomic E-state index is 13.4. The van der Waals surface area contributed by atoms with Gasteiger partial charge in [-0.3, -0.25) is 0 Å². The number of halogens is 9. The molecule has 0 unspecified atom stereocenters. The number of alkyl halides is 5. The highest BCUT2D eigenvalue weighted by Gasteiger charge is 2.89. The van der Waals surface area contributed by atoms with Crippen molar-refractivity contribution in [1.29, 1.82) is 0 Å². The van der Waals surface area contributed by atoms with Gasteiger partial charge in [-0.15, -0.1) is 15.5 Å². The zero-order valence-corrected chi connectivity index (χ0v) is 11.2. The third kappa shape index (κ3) is 1.96. The number of rotatable bonds is 3. The summed E-state index contributed by atoms with van der Waals surface area (Å²) in [5.41, 5.74) is 0. The molecule has 10 heteroatoms. The molecule has 1 aromatic rings. The third-order valence-electron chi connectivity index (χ3n) is 2.06. The van der Waals surface area contributed by atoms with Gasteiger partial charge in [0.1, 0.15) is 0 Å². The van der Waals surface area contributed by atoms with Crippen LogP contribution in [-0.2, 0) is 0 Å².